The van der Waals surface area contributed by atoms with Gasteiger partial charge < -0.3 is 9.64 Å². The average molecular weight is 480 g/mol. The Morgan fingerprint density at radius 3 is 2.43 bits per heavy atom. The Morgan fingerprint density at radius 1 is 1.10 bits per heavy atom. The van der Waals surface area contributed by atoms with Crippen molar-refractivity contribution in [2.24, 2.45) is 5.92 Å². The lowest BCUT2D eigenvalue weighted by molar-refractivity contribution is 0.0176. The molecule has 0 saturated carbocycles. The van der Waals surface area contributed by atoms with Crippen LogP contribution in [0.4, 0.5) is 4.79 Å². The maximum absolute atomic E-state index is 12.2. The standard InChI is InChI=1S/C21H30N4O2.3ClH/c1-21(2,3)27-20(26)24-11-8-16(9-12-24)7-10-23-14-17-5-4-6-19-22-13-18(15-23)25(17)19;;;/h4-6,13,16H,7-12,14-15H2,1-3H3;3*1H. The highest BCUT2D eigenvalue weighted by atomic mass is 35.5. The normalized spacial score (nSPS) is 17.0. The highest BCUT2D eigenvalue weighted by molar-refractivity contribution is 5.86. The second-order valence-electron chi connectivity index (χ2n) is 8.87. The largest absolute Gasteiger partial charge is 0.444 e. The molecular weight excluding hydrogens is 447 g/mol. The van der Waals surface area contributed by atoms with Gasteiger partial charge in [0.25, 0.3) is 0 Å². The summed E-state index contributed by atoms with van der Waals surface area (Å²) in [5.74, 6) is 0.686. The van der Waals surface area contributed by atoms with Crippen molar-refractivity contribution in [2.75, 3.05) is 19.6 Å². The molecule has 170 valence electrons. The average Bonchev–Trinajstić information content (AvgIpc) is 3.04. The first kappa shape index (κ1) is 26.8. The number of hydrogen-bond donors (Lipinski definition) is 0. The molecule has 0 spiro atoms. The first-order valence-electron chi connectivity index (χ1n) is 10.0. The summed E-state index contributed by atoms with van der Waals surface area (Å²) in [6, 6.07) is 6.36. The number of rotatable bonds is 3. The molecule has 2 aromatic rings. The zero-order chi connectivity index (χ0) is 19.0. The number of ether oxygens (including phenoxy) is 1. The lowest BCUT2D eigenvalue weighted by Crippen LogP contribution is -2.42. The van der Waals surface area contributed by atoms with Gasteiger partial charge in [0.2, 0.25) is 0 Å². The van der Waals surface area contributed by atoms with Crippen molar-refractivity contribution in [3.63, 3.8) is 0 Å². The smallest absolute Gasteiger partial charge is 0.410 e. The van der Waals surface area contributed by atoms with Crippen LogP contribution in [0.5, 0.6) is 0 Å². The highest BCUT2D eigenvalue weighted by Gasteiger charge is 2.27. The van der Waals surface area contributed by atoms with Crippen LogP contribution in [0, 0.1) is 5.92 Å². The zero-order valence-electron chi connectivity index (χ0n) is 17.9. The Labute approximate surface area is 197 Å². The number of hydrogen-bond acceptors (Lipinski definition) is 4. The molecular formula is C21H33Cl3N4O2. The summed E-state index contributed by atoms with van der Waals surface area (Å²) >= 11 is 0. The molecule has 4 rings (SSSR count). The van der Waals surface area contributed by atoms with E-state index < -0.39 is 5.60 Å². The minimum atomic E-state index is -0.419. The molecule has 1 amide bonds. The van der Waals surface area contributed by atoms with Crippen LogP contribution in [-0.4, -0.2) is 50.5 Å². The van der Waals surface area contributed by atoms with Crippen molar-refractivity contribution in [3.8, 4) is 0 Å². The van der Waals surface area contributed by atoms with Crippen LogP contribution < -0.4 is 0 Å². The Kier molecular flexibility index (Phi) is 9.74. The molecule has 2 aromatic heterocycles. The lowest BCUT2D eigenvalue weighted by atomic mass is 9.93. The Morgan fingerprint density at radius 2 is 1.77 bits per heavy atom. The number of carbonyl (C=O) groups is 1. The number of amides is 1. The Balaban J connectivity index is 0.00000150. The molecule has 2 aliphatic heterocycles. The number of nitrogens with zero attached hydrogens (tertiary/aromatic N) is 4. The third kappa shape index (κ3) is 6.16. The summed E-state index contributed by atoms with van der Waals surface area (Å²) < 4.78 is 7.78. The van der Waals surface area contributed by atoms with Crippen LogP contribution in [0.1, 0.15) is 51.4 Å². The number of piperidine rings is 1. The summed E-state index contributed by atoms with van der Waals surface area (Å²) in [7, 11) is 0. The molecule has 0 N–H and O–H groups in total. The fourth-order valence-electron chi connectivity index (χ4n) is 4.18. The Bertz CT molecular complexity index is 829. The molecule has 0 aromatic carbocycles. The molecule has 0 bridgehead atoms. The van der Waals surface area contributed by atoms with Crippen LogP contribution >= 0.6 is 37.2 Å². The summed E-state index contributed by atoms with van der Waals surface area (Å²) in [5, 5.41) is 0. The SMILES string of the molecule is CC(C)(C)OC(=O)N1CCC(CCN2Cc3cccc4ncc(n34)C2)CC1.Cl.Cl.Cl. The number of imidazole rings is 1. The van der Waals surface area contributed by atoms with Crippen molar-refractivity contribution >= 4 is 49.0 Å². The number of likely N-dealkylation sites (tertiary alicyclic amines) is 1. The van der Waals surface area contributed by atoms with E-state index in [9.17, 15) is 4.79 Å². The van der Waals surface area contributed by atoms with Gasteiger partial charge in [-0.15, -0.1) is 37.2 Å². The van der Waals surface area contributed by atoms with E-state index in [4.69, 9.17) is 4.74 Å². The molecule has 0 atom stereocenters. The highest BCUT2D eigenvalue weighted by Crippen LogP contribution is 2.25. The van der Waals surface area contributed by atoms with Crippen LogP contribution in [0.25, 0.3) is 5.65 Å². The predicted octanol–water partition coefficient (Wildman–Crippen LogP) is 4.95. The van der Waals surface area contributed by atoms with Gasteiger partial charge in [0.15, 0.2) is 0 Å². The molecule has 30 heavy (non-hydrogen) atoms. The first-order valence-corrected chi connectivity index (χ1v) is 10.0. The van der Waals surface area contributed by atoms with E-state index in [1.807, 2.05) is 31.9 Å². The van der Waals surface area contributed by atoms with Crippen molar-refractivity contribution in [1.29, 1.82) is 0 Å². The summed E-state index contributed by atoms with van der Waals surface area (Å²) in [6.07, 6.45) is 5.16. The van der Waals surface area contributed by atoms with Gasteiger partial charge in [-0.25, -0.2) is 9.78 Å². The van der Waals surface area contributed by atoms with Crippen LogP contribution in [0.2, 0.25) is 0 Å². The molecule has 2 aliphatic rings. The van der Waals surface area contributed by atoms with Gasteiger partial charge in [0, 0.05) is 31.9 Å². The van der Waals surface area contributed by atoms with Crippen LogP contribution in [-0.2, 0) is 17.8 Å². The number of carbonyl (C=O) groups excluding carboxylic acids is 1. The second kappa shape index (κ2) is 10.9. The van der Waals surface area contributed by atoms with E-state index >= 15 is 0 Å². The molecule has 6 nitrogen and oxygen atoms in total. The van der Waals surface area contributed by atoms with Gasteiger partial charge in [-0.1, -0.05) is 6.07 Å². The number of aromatic nitrogens is 2. The van der Waals surface area contributed by atoms with Crippen LogP contribution in [0.3, 0.4) is 0 Å². The minimum Gasteiger partial charge on any atom is -0.444 e. The molecule has 1 saturated heterocycles. The molecule has 0 unspecified atom stereocenters. The zero-order valence-corrected chi connectivity index (χ0v) is 20.3. The molecule has 0 aliphatic carbocycles. The first-order chi connectivity index (χ1) is 12.9. The topological polar surface area (TPSA) is 50.1 Å². The van der Waals surface area contributed by atoms with Gasteiger partial charge in [0.1, 0.15) is 11.2 Å². The fraction of sp³-hybridized carbons (Fsp3) is 0.619. The molecule has 0 radical (unpaired) electrons. The number of pyridine rings is 1. The van der Waals surface area contributed by atoms with E-state index in [0.717, 1.165) is 51.2 Å². The van der Waals surface area contributed by atoms with E-state index in [2.05, 4.69) is 32.5 Å². The van der Waals surface area contributed by atoms with E-state index in [1.165, 1.54) is 17.8 Å². The van der Waals surface area contributed by atoms with E-state index in [1.54, 1.807) is 0 Å². The lowest BCUT2D eigenvalue weighted by Gasteiger charge is -2.34. The van der Waals surface area contributed by atoms with Crippen LogP contribution in [0.15, 0.2) is 24.4 Å². The van der Waals surface area contributed by atoms with Gasteiger partial charge in [-0.3, -0.25) is 9.30 Å². The Hall–Kier alpha value is -1.21. The van der Waals surface area contributed by atoms with Gasteiger partial charge in [0.05, 0.1) is 11.9 Å². The summed E-state index contributed by atoms with van der Waals surface area (Å²) in [6.45, 7) is 10.4. The molecule has 9 heteroatoms. The molecule has 1 fully saturated rings. The maximum atomic E-state index is 12.2. The monoisotopic (exact) mass is 478 g/mol. The van der Waals surface area contributed by atoms with Gasteiger partial charge >= 0.3 is 6.09 Å². The summed E-state index contributed by atoms with van der Waals surface area (Å²) in [4.78, 5) is 21.1. The van der Waals surface area contributed by atoms with Crippen molar-refractivity contribution in [3.05, 3.63) is 35.8 Å². The van der Waals surface area contributed by atoms with Crippen molar-refractivity contribution < 1.29 is 9.53 Å². The molecule has 4 heterocycles. The predicted molar refractivity (Wildman–Crippen MR) is 126 cm³/mol. The van der Waals surface area contributed by atoms with Gasteiger partial charge in [-0.2, -0.15) is 0 Å². The quantitative estimate of drug-likeness (QED) is 0.625. The third-order valence-electron chi connectivity index (χ3n) is 5.57. The minimum absolute atomic E-state index is 0. The van der Waals surface area contributed by atoms with E-state index in [0.29, 0.717) is 5.92 Å². The van der Waals surface area contributed by atoms with Gasteiger partial charge in [-0.05, 0) is 64.6 Å². The number of halogens is 3. The third-order valence-corrected chi connectivity index (χ3v) is 5.57. The van der Waals surface area contributed by atoms with Crippen molar-refractivity contribution in [2.45, 2.75) is 58.7 Å². The second-order valence-corrected chi connectivity index (χ2v) is 8.87. The fourth-order valence-corrected chi connectivity index (χ4v) is 4.18. The maximum Gasteiger partial charge on any atom is 0.410 e. The summed E-state index contributed by atoms with van der Waals surface area (Å²) in [5.41, 5.74) is 3.24. The van der Waals surface area contributed by atoms with E-state index in [-0.39, 0.29) is 43.3 Å². The van der Waals surface area contributed by atoms with Crippen molar-refractivity contribution in [1.82, 2.24) is 19.2 Å².